The number of nitrogens with two attached hydrogens (primary N) is 1. The number of nitrogens with zero attached hydrogens (tertiary/aromatic N) is 2. The van der Waals surface area contributed by atoms with Gasteiger partial charge in [0, 0.05) is 0 Å². The summed E-state index contributed by atoms with van der Waals surface area (Å²) in [7, 11) is 0. The summed E-state index contributed by atoms with van der Waals surface area (Å²) in [5.74, 6) is -0.0330. The van der Waals surface area contributed by atoms with Gasteiger partial charge in [0.25, 0.3) is 0 Å². The first-order valence-corrected chi connectivity index (χ1v) is 5.97. The van der Waals surface area contributed by atoms with Gasteiger partial charge in [-0.15, -0.1) is 0 Å². The smallest absolute Gasteiger partial charge is 0.229 e. The highest BCUT2D eigenvalue weighted by atomic mass is 16.4. The van der Waals surface area contributed by atoms with Gasteiger partial charge in [0.1, 0.15) is 5.82 Å². The number of amidine groups is 1. The fourth-order valence-electron chi connectivity index (χ4n) is 1.82. The minimum atomic E-state index is -0.216. The van der Waals surface area contributed by atoms with E-state index >= 15 is 0 Å². The van der Waals surface area contributed by atoms with E-state index in [9.17, 15) is 4.79 Å². The molecule has 0 spiro atoms. The van der Waals surface area contributed by atoms with E-state index in [1.54, 1.807) is 0 Å². The summed E-state index contributed by atoms with van der Waals surface area (Å²) in [5, 5.41) is 20.5. The second-order valence-electron chi connectivity index (χ2n) is 4.36. The van der Waals surface area contributed by atoms with Crippen molar-refractivity contribution in [2.24, 2.45) is 10.9 Å². The van der Waals surface area contributed by atoms with Crippen LogP contribution in [0.2, 0.25) is 0 Å². The number of oxime groups is 1. The molecule has 1 aromatic heterocycles. The molecule has 0 bridgehead atoms. The predicted octanol–water partition coefficient (Wildman–Crippen LogP) is 0.994. The van der Waals surface area contributed by atoms with Gasteiger partial charge in [-0.05, 0) is 12.5 Å². The molecule has 0 aliphatic carbocycles. The Labute approximate surface area is 115 Å². The zero-order chi connectivity index (χ0) is 14.5. The lowest BCUT2D eigenvalue weighted by Crippen LogP contribution is -2.19. The van der Waals surface area contributed by atoms with Crippen LogP contribution >= 0.6 is 0 Å². The maximum atomic E-state index is 12.0. The van der Waals surface area contributed by atoms with Gasteiger partial charge in [-0.3, -0.25) is 9.89 Å². The Morgan fingerprint density at radius 2 is 2.35 bits per heavy atom. The Balaban J connectivity index is 2.07. The number of rotatable bonds is 4. The second-order valence-corrected chi connectivity index (χ2v) is 4.36. The Morgan fingerprint density at radius 3 is 3.05 bits per heavy atom. The number of H-pyrrole nitrogens is 1. The van der Waals surface area contributed by atoms with Crippen molar-refractivity contribution >= 4 is 17.6 Å². The van der Waals surface area contributed by atoms with Crippen LogP contribution in [0.15, 0.2) is 35.6 Å². The van der Waals surface area contributed by atoms with Crippen molar-refractivity contribution in [3.8, 4) is 0 Å². The number of nitrogens with one attached hydrogen (secondary N) is 2. The maximum Gasteiger partial charge on any atom is 0.229 e. The topological polar surface area (TPSA) is 116 Å². The highest BCUT2D eigenvalue weighted by Crippen LogP contribution is 2.11. The number of aromatic nitrogens is 2. The van der Waals surface area contributed by atoms with Crippen LogP contribution in [0.5, 0.6) is 0 Å². The monoisotopic (exact) mass is 273 g/mol. The molecule has 0 unspecified atom stereocenters. The number of amides is 1. The van der Waals surface area contributed by atoms with Crippen LogP contribution in [-0.2, 0) is 11.2 Å². The number of benzene rings is 1. The van der Waals surface area contributed by atoms with E-state index in [1.165, 1.54) is 6.20 Å². The number of anilines is 1. The molecule has 0 aliphatic heterocycles. The normalized spacial score (nSPS) is 11.3. The van der Waals surface area contributed by atoms with Crippen molar-refractivity contribution in [1.82, 2.24) is 10.2 Å². The number of hydrogen-bond donors (Lipinski definition) is 4. The van der Waals surface area contributed by atoms with Crippen molar-refractivity contribution in [2.45, 2.75) is 13.3 Å². The average molecular weight is 273 g/mol. The molecule has 0 radical (unpaired) electrons. The van der Waals surface area contributed by atoms with Crippen molar-refractivity contribution in [3.05, 3.63) is 47.2 Å². The third-order valence-corrected chi connectivity index (χ3v) is 2.73. The molecule has 104 valence electrons. The average Bonchev–Trinajstić information content (AvgIpc) is 2.85. The van der Waals surface area contributed by atoms with Gasteiger partial charge < -0.3 is 16.3 Å². The fraction of sp³-hybridized carbons (Fsp3) is 0.154. The molecule has 2 rings (SSSR count). The summed E-state index contributed by atoms with van der Waals surface area (Å²) in [4.78, 5) is 12.0. The van der Waals surface area contributed by atoms with Gasteiger partial charge in [0.2, 0.25) is 5.91 Å². The molecule has 5 N–H and O–H groups in total. The summed E-state index contributed by atoms with van der Waals surface area (Å²) in [5.41, 5.74) is 7.82. The van der Waals surface area contributed by atoms with E-state index < -0.39 is 0 Å². The third-order valence-electron chi connectivity index (χ3n) is 2.73. The van der Waals surface area contributed by atoms with Gasteiger partial charge in [0.05, 0.1) is 18.2 Å². The molecule has 0 aliphatic rings. The van der Waals surface area contributed by atoms with Crippen LogP contribution in [0.1, 0.15) is 16.7 Å². The Bertz CT molecular complexity index is 648. The zero-order valence-electron chi connectivity index (χ0n) is 10.9. The van der Waals surface area contributed by atoms with E-state index in [-0.39, 0.29) is 18.2 Å². The highest BCUT2D eigenvalue weighted by Gasteiger charge is 2.12. The van der Waals surface area contributed by atoms with Gasteiger partial charge in [0.15, 0.2) is 5.84 Å². The molecule has 0 atom stereocenters. The predicted molar refractivity (Wildman–Crippen MR) is 74.6 cm³/mol. The van der Waals surface area contributed by atoms with E-state index in [4.69, 9.17) is 10.9 Å². The minimum absolute atomic E-state index is 0.121. The third kappa shape index (κ3) is 3.14. The quantitative estimate of drug-likeness (QED) is 0.288. The minimum Gasteiger partial charge on any atom is -0.409 e. The number of aromatic amines is 1. The Hall–Kier alpha value is -2.83. The number of carbonyl (C=O) groups is 1. The Morgan fingerprint density at radius 1 is 1.55 bits per heavy atom. The standard InChI is InChI=1S/C13H15N5O2/c1-8-3-2-4-9(5-8)6-11(19)16-13-10(7-15-17-13)12(14)18-20/h2-5,7,20H,6H2,1H3,(H2,14,18)(H2,15,16,17,19). The lowest BCUT2D eigenvalue weighted by molar-refractivity contribution is -0.115. The van der Waals surface area contributed by atoms with Crippen molar-refractivity contribution in [2.75, 3.05) is 5.32 Å². The number of hydrogen-bond acceptors (Lipinski definition) is 4. The van der Waals surface area contributed by atoms with Gasteiger partial charge >= 0.3 is 0 Å². The van der Waals surface area contributed by atoms with Crippen LogP contribution in [-0.4, -0.2) is 27.1 Å². The zero-order valence-corrected chi connectivity index (χ0v) is 10.9. The van der Waals surface area contributed by atoms with Crippen LogP contribution in [0, 0.1) is 6.92 Å². The summed E-state index contributed by atoms with van der Waals surface area (Å²) in [6.07, 6.45) is 1.60. The van der Waals surface area contributed by atoms with Crippen LogP contribution < -0.4 is 11.1 Å². The molecule has 20 heavy (non-hydrogen) atoms. The molecule has 1 amide bonds. The summed E-state index contributed by atoms with van der Waals surface area (Å²) in [6, 6.07) is 7.68. The first-order valence-electron chi connectivity index (χ1n) is 5.97. The molecule has 2 aromatic rings. The lowest BCUT2D eigenvalue weighted by atomic mass is 10.1. The summed E-state index contributed by atoms with van der Waals surface area (Å²) < 4.78 is 0. The Kier molecular flexibility index (Phi) is 3.99. The molecular weight excluding hydrogens is 258 g/mol. The fourth-order valence-corrected chi connectivity index (χ4v) is 1.82. The van der Waals surface area contributed by atoms with Crippen LogP contribution in [0.4, 0.5) is 5.82 Å². The van der Waals surface area contributed by atoms with Gasteiger partial charge in [-0.1, -0.05) is 35.0 Å². The van der Waals surface area contributed by atoms with Gasteiger partial charge in [-0.25, -0.2) is 0 Å². The SMILES string of the molecule is Cc1cccc(CC(=O)Nc2[nH]ncc2C(N)=NO)c1. The van der Waals surface area contributed by atoms with Crippen LogP contribution in [0.3, 0.4) is 0 Å². The molecule has 1 heterocycles. The summed E-state index contributed by atoms with van der Waals surface area (Å²) in [6.45, 7) is 1.97. The van der Waals surface area contributed by atoms with E-state index in [0.29, 0.717) is 11.4 Å². The first kappa shape index (κ1) is 13.6. The van der Waals surface area contributed by atoms with Crippen molar-refractivity contribution < 1.29 is 10.0 Å². The molecular formula is C13H15N5O2. The number of aryl methyl sites for hydroxylation is 1. The van der Waals surface area contributed by atoms with E-state index in [2.05, 4.69) is 20.7 Å². The van der Waals surface area contributed by atoms with E-state index in [1.807, 2.05) is 31.2 Å². The lowest BCUT2D eigenvalue weighted by Gasteiger charge is -2.05. The van der Waals surface area contributed by atoms with E-state index in [0.717, 1.165) is 11.1 Å². The molecule has 7 nitrogen and oxygen atoms in total. The second kappa shape index (κ2) is 5.87. The largest absolute Gasteiger partial charge is 0.409 e. The molecule has 1 aromatic carbocycles. The first-order chi connectivity index (χ1) is 9.60. The van der Waals surface area contributed by atoms with Crippen molar-refractivity contribution in [1.29, 1.82) is 0 Å². The molecule has 0 fully saturated rings. The molecule has 0 saturated heterocycles. The summed E-state index contributed by atoms with van der Waals surface area (Å²) >= 11 is 0. The maximum absolute atomic E-state index is 12.0. The molecule has 0 saturated carbocycles. The molecule has 7 heteroatoms. The number of carbonyl (C=O) groups excluding carboxylic acids is 1. The highest BCUT2D eigenvalue weighted by molar-refractivity contribution is 6.04. The van der Waals surface area contributed by atoms with Crippen molar-refractivity contribution in [3.63, 3.8) is 0 Å². The van der Waals surface area contributed by atoms with Crippen LogP contribution in [0.25, 0.3) is 0 Å². The van der Waals surface area contributed by atoms with Gasteiger partial charge in [-0.2, -0.15) is 5.10 Å².